The maximum Gasteiger partial charge on any atom is 0.118 e. The Morgan fingerprint density at radius 2 is 1.85 bits per heavy atom. The highest BCUT2D eigenvalue weighted by Crippen LogP contribution is 2.35. The largest absolute Gasteiger partial charge is 0.497 e. The summed E-state index contributed by atoms with van der Waals surface area (Å²) >= 11 is 0. The standard InChI is InChI=1S/C18H29NO/c1-3-4-15-9-12-18(19,13-10-15)14-11-16-5-7-17(20-2)8-6-16/h5-8,15H,3-4,9-14,19H2,1-2H3. The molecule has 0 radical (unpaired) electrons. The Morgan fingerprint density at radius 1 is 1.20 bits per heavy atom. The normalized spacial score (nSPS) is 26.4. The average Bonchev–Trinajstić information content (AvgIpc) is 2.49. The summed E-state index contributed by atoms with van der Waals surface area (Å²) in [5.74, 6) is 1.86. The lowest BCUT2D eigenvalue weighted by Gasteiger charge is -2.37. The van der Waals surface area contributed by atoms with E-state index in [0.29, 0.717) is 0 Å². The number of hydrogen-bond acceptors (Lipinski definition) is 2. The summed E-state index contributed by atoms with van der Waals surface area (Å²) in [6.07, 6.45) is 9.95. The van der Waals surface area contributed by atoms with E-state index in [1.165, 1.54) is 44.1 Å². The molecule has 0 spiro atoms. The van der Waals surface area contributed by atoms with E-state index in [-0.39, 0.29) is 5.54 Å². The minimum absolute atomic E-state index is 0.0736. The molecule has 1 aromatic rings. The first-order valence-corrected chi connectivity index (χ1v) is 8.07. The molecule has 112 valence electrons. The number of methoxy groups -OCH3 is 1. The fourth-order valence-electron chi connectivity index (χ4n) is 3.38. The lowest BCUT2D eigenvalue weighted by molar-refractivity contribution is 0.213. The molecule has 2 rings (SSSR count). The molecule has 0 atom stereocenters. The van der Waals surface area contributed by atoms with E-state index in [9.17, 15) is 0 Å². The summed E-state index contributed by atoms with van der Waals surface area (Å²) in [5, 5.41) is 0. The molecule has 1 saturated carbocycles. The molecule has 0 unspecified atom stereocenters. The topological polar surface area (TPSA) is 35.2 Å². The number of ether oxygens (including phenoxy) is 1. The summed E-state index contributed by atoms with van der Waals surface area (Å²) < 4.78 is 5.19. The molecule has 0 amide bonds. The van der Waals surface area contributed by atoms with Crippen LogP contribution in [0.1, 0.15) is 57.4 Å². The van der Waals surface area contributed by atoms with Gasteiger partial charge in [-0.3, -0.25) is 0 Å². The molecule has 0 heterocycles. The number of benzene rings is 1. The second-order valence-corrected chi connectivity index (χ2v) is 6.44. The van der Waals surface area contributed by atoms with Crippen molar-refractivity contribution in [2.45, 2.75) is 63.8 Å². The van der Waals surface area contributed by atoms with Crippen molar-refractivity contribution in [3.63, 3.8) is 0 Å². The molecule has 2 N–H and O–H groups in total. The lowest BCUT2D eigenvalue weighted by atomic mass is 9.73. The highest BCUT2D eigenvalue weighted by atomic mass is 16.5. The van der Waals surface area contributed by atoms with E-state index >= 15 is 0 Å². The molecule has 20 heavy (non-hydrogen) atoms. The third kappa shape index (κ3) is 4.24. The molecule has 0 bridgehead atoms. The van der Waals surface area contributed by atoms with Crippen molar-refractivity contribution in [1.82, 2.24) is 0 Å². The first-order chi connectivity index (χ1) is 9.65. The second kappa shape index (κ2) is 7.12. The summed E-state index contributed by atoms with van der Waals surface area (Å²) in [7, 11) is 1.71. The number of aryl methyl sites for hydroxylation is 1. The fraction of sp³-hybridized carbons (Fsp3) is 0.667. The van der Waals surface area contributed by atoms with Crippen LogP contribution in [0, 0.1) is 5.92 Å². The van der Waals surface area contributed by atoms with Crippen LogP contribution in [-0.4, -0.2) is 12.6 Å². The van der Waals surface area contributed by atoms with Gasteiger partial charge in [0.2, 0.25) is 0 Å². The van der Waals surface area contributed by atoms with Crippen LogP contribution in [0.3, 0.4) is 0 Å². The third-order valence-corrected chi connectivity index (χ3v) is 4.87. The zero-order chi connectivity index (χ0) is 14.4. The van der Waals surface area contributed by atoms with E-state index in [2.05, 4.69) is 19.1 Å². The summed E-state index contributed by atoms with van der Waals surface area (Å²) in [6, 6.07) is 8.39. The van der Waals surface area contributed by atoms with Gasteiger partial charge in [0, 0.05) is 5.54 Å². The molecule has 1 aromatic carbocycles. The highest BCUT2D eigenvalue weighted by molar-refractivity contribution is 5.27. The van der Waals surface area contributed by atoms with Gasteiger partial charge in [0.15, 0.2) is 0 Å². The molecule has 0 aromatic heterocycles. The Bertz CT molecular complexity index is 390. The summed E-state index contributed by atoms with van der Waals surface area (Å²) in [5.41, 5.74) is 8.04. The monoisotopic (exact) mass is 275 g/mol. The van der Waals surface area contributed by atoms with Crippen molar-refractivity contribution >= 4 is 0 Å². The number of nitrogens with two attached hydrogens (primary N) is 1. The van der Waals surface area contributed by atoms with Crippen molar-refractivity contribution in [2.75, 3.05) is 7.11 Å². The first kappa shape index (κ1) is 15.4. The third-order valence-electron chi connectivity index (χ3n) is 4.87. The van der Waals surface area contributed by atoms with Crippen molar-refractivity contribution in [3.05, 3.63) is 29.8 Å². The van der Waals surface area contributed by atoms with Gasteiger partial charge >= 0.3 is 0 Å². The van der Waals surface area contributed by atoms with Crippen LogP contribution < -0.4 is 10.5 Å². The summed E-state index contributed by atoms with van der Waals surface area (Å²) in [6.45, 7) is 2.29. The lowest BCUT2D eigenvalue weighted by Crippen LogP contribution is -2.43. The Labute approximate surface area is 123 Å². The first-order valence-electron chi connectivity index (χ1n) is 8.07. The molecule has 1 fully saturated rings. The minimum Gasteiger partial charge on any atom is -0.497 e. The van der Waals surface area contributed by atoms with Crippen LogP contribution in [0.5, 0.6) is 5.75 Å². The smallest absolute Gasteiger partial charge is 0.118 e. The Hall–Kier alpha value is -1.02. The van der Waals surface area contributed by atoms with Gasteiger partial charge in [0.25, 0.3) is 0 Å². The zero-order valence-corrected chi connectivity index (χ0v) is 13.0. The zero-order valence-electron chi connectivity index (χ0n) is 13.0. The predicted molar refractivity (Wildman–Crippen MR) is 85.1 cm³/mol. The Kier molecular flexibility index (Phi) is 5.47. The van der Waals surface area contributed by atoms with Crippen LogP contribution in [0.25, 0.3) is 0 Å². The molecule has 0 aliphatic heterocycles. The second-order valence-electron chi connectivity index (χ2n) is 6.44. The van der Waals surface area contributed by atoms with E-state index in [1.807, 2.05) is 12.1 Å². The van der Waals surface area contributed by atoms with Crippen molar-refractivity contribution < 1.29 is 4.74 Å². The molecular formula is C18H29NO. The van der Waals surface area contributed by atoms with Gasteiger partial charge in [-0.25, -0.2) is 0 Å². The molecule has 1 aliphatic rings. The molecule has 0 saturated heterocycles. The SMILES string of the molecule is CCCC1CCC(N)(CCc2ccc(OC)cc2)CC1. The highest BCUT2D eigenvalue weighted by Gasteiger charge is 2.30. The maximum absolute atomic E-state index is 6.60. The summed E-state index contributed by atoms with van der Waals surface area (Å²) in [4.78, 5) is 0. The van der Waals surface area contributed by atoms with Crippen LogP contribution in [0.15, 0.2) is 24.3 Å². The molecule has 2 nitrogen and oxygen atoms in total. The Balaban J connectivity index is 1.80. The van der Waals surface area contributed by atoms with Gasteiger partial charge in [0.1, 0.15) is 5.75 Å². The van der Waals surface area contributed by atoms with E-state index in [0.717, 1.165) is 24.5 Å². The van der Waals surface area contributed by atoms with Crippen LogP contribution >= 0.6 is 0 Å². The fourth-order valence-corrected chi connectivity index (χ4v) is 3.38. The van der Waals surface area contributed by atoms with Crippen LogP contribution in [0.2, 0.25) is 0 Å². The minimum atomic E-state index is 0.0736. The van der Waals surface area contributed by atoms with Crippen LogP contribution in [0.4, 0.5) is 0 Å². The van der Waals surface area contributed by atoms with Crippen molar-refractivity contribution in [3.8, 4) is 5.75 Å². The van der Waals surface area contributed by atoms with Gasteiger partial charge < -0.3 is 10.5 Å². The number of rotatable bonds is 6. The maximum atomic E-state index is 6.60. The van der Waals surface area contributed by atoms with Gasteiger partial charge in [-0.2, -0.15) is 0 Å². The van der Waals surface area contributed by atoms with E-state index in [4.69, 9.17) is 10.5 Å². The van der Waals surface area contributed by atoms with Gasteiger partial charge in [0.05, 0.1) is 7.11 Å². The molecule has 2 heteroatoms. The van der Waals surface area contributed by atoms with Gasteiger partial charge in [-0.15, -0.1) is 0 Å². The average molecular weight is 275 g/mol. The van der Waals surface area contributed by atoms with Gasteiger partial charge in [-0.05, 0) is 62.1 Å². The molecule has 1 aliphatic carbocycles. The van der Waals surface area contributed by atoms with E-state index in [1.54, 1.807) is 7.11 Å². The Morgan fingerprint density at radius 3 is 2.40 bits per heavy atom. The van der Waals surface area contributed by atoms with Crippen molar-refractivity contribution in [2.24, 2.45) is 11.7 Å². The predicted octanol–water partition coefficient (Wildman–Crippen LogP) is 4.32. The van der Waals surface area contributed by atoms with Crippen LogP contribution in [-0.2, 0) is 6.42 Å². The van der Waals surface area contributed by atoms with Gasteiger partial charge in [-0.1, -0.05) is 31.9 Å². The number of hydrogen-bond donors (Lipinski definition) is 1. The van der Waals surface area contributed by atoms with E-state index < -0.39 is 0 Å². The quantitative estimate of drug-likeness (QED) is 0.839. The van der Waals surface area contributed by atoms with Crippen molar-refractivity contribution in [1.29, 1.82) is 0 Å². The molecular weight excluding hydrogens is 246 g/mol.